The van der Waals surface area contributed by atoms with Crippen molar-refractivity contribution in [1.29, 1.82) is 0 Å². The van der Waals surface area contributed by atoms with Crippen LogP contribution in [-0.4, -0.2) is 80.9 Å². The maximum Gasteiger partial charge on any atom is 0.163 e. The van der Waals surface area contributed by atoms with E-state index in [2.05, 4.69) is 25.4 Å². The molecule has 0 amide bonds. The van der Waals surface area contributed by atoms with Gasteiger partial charge in [0.05, 0.1) is 41.5 Å². The van der Waals surface area contributed by atoms with E-state index >= 15 is 0 Å². The largest absolute Gasteiger partial charge is 0.479 e. The van der Waals surface area contributed by atoms with Gasteiger partial charge in [-0.3, -0.25) is 14.9 Å². The average molecular weight is 529 g/mol. The molecule has 10 nitrogen and oxygen atoms in total. The van der Waals surface area contributed by atoms with Crippen molar-refractivity contribution in [1.82, 2.24) is 24.8 Å². The lowest BCUT2D eigenvalue weighted by Crippen LogP contribution is -2.54. The Morgan fingerprint density at radius 3 is 2.78 bits per heavy atom. The van der Waals surface area contributed by atoms with E-state index in [1.165, 1.54) is 18.3 Å². The first-order valence-corrected chi connectivity index (χ1v) is 12.7. The van der Waals surface area contributed by atoms with Gasteiger partial charge in [0.2, 0.25) is 0 Å². The number of fused-ring (bicyclic) bond motifs is 1. The first-order valence-electron chi connectivity index (χ1n) is 12.3. The molecule has 0 spiro atoms. The summed E-state index contributed by atoms with van der Waals surface area (Å²) in [6, 6.07) is 5.26. The summed E-state index contributed by atoms with van der Waals surface area (Å²) >= 11 is 6.39. The van der Waals surface area contributed by atoms with Crippen LogP contribution in [0.15, 0.2) is 46.9 Å². The first kappa shape index (κ1) is 25.5. The topological polar surface area (TPSA) is 126 Å². The molecule has 1 aliphatic carbocycles. The molecule has 2 aliphatic rings. The van der Waals surface area contributed by atoms with Gasteiger partial charge in [-0.25, -0.2) is 8.91 Å². The molecule has 3 aromatic rings. The molecule has 12 heteroatoms. The molecule has 0 aromatic carbocycles. The van der Waals surface area contributed by atoms with Crippen molar-refractivity contribution < 1.29 is 14.2 Å². The lowest BCUT2D eigenvalue weighted by Gasteiger charge is -2.43. The van der Waals surface area contributed by atoms with Gasteiger partial charge < -0.3 is 21.0 Å². The molecule has 1 saturated heterocycles. The number of aliphatic hydroxyl groups is 1. The fourth-order valence-electron chi connectivity index (χ4n) is 4.91. The van der Waals surface area contributed by atoms with Gasteiger partial charge in [0.15, 0.2) is 6.10 Å². The van der Waals surface area contributed by atoms with Crippen molar-refractivity contribution in [3.05, 3.63) is 58.9 Å². The minimum Gasteiger partial charge on any atom is -0.479 e. The lowest BCUT2D eigenvalue weighted by atomic mass is 9.85. The van der Waals surface area contributed by atoms with Crippen molar-refractivity contribution in [3.63, 3.8) is 0 Å². The van der Waals surface area contributed by atoms with Gasteiger partial charge in [0, 0.05) is 44.0 Å². The van der Waals surface area contributed by atoms with E-state index in [0.717, 1.165) is 45.2 Å². The summed E-state index contributed by atoms with van der Waals surface area (Å²) in [4.78, 5) is 11.5. The second kappa shape index (κ2) is 11.1. The third kappa shape index (κ3) is 5.45. The number of hydrazone groups is 1. The van der Waals surface area contributed by atoms with Crippen LogP contribution in [0.3, 0.4) is 0 Å². The second-order valence-corrected chi connectivity index (χ2v) is 9.73. The summed E-state index contributed by atoms with van der Waals surface area (Å²) in [6.07, 6.45) is 5.51. The Bertz CT molecular complexity index is 1300. The van der Waals surface area contributed by atoms with Crippen LogP contribution in [0.5, 0.6) is 5.75 Å². The van der Waals surface area contributed by atoms with Crippen LogP contribution in [0.1, 0.15) is 37.1 Å². The minimum atomic E-state index is -0.851. The molecule has 1 saturated carbocycles. The molecular formula is C25H30ClFN8O2. The standard InChI is InChI=1S/C25H30ClFN8O2/c1-15(32-18-9-19(10-18)34-6-4-29-5-7-34)24(33-28)16-8-22(25-20(26)12-31-35(25)13-16)37-23(14-36)21-3-2-17(27)11-30-21/h2-3,8,11-13,18-19,23,29,36H,4-7,9-10,14,28H2,1H3/b32-15?,33-24+. The van der Waals surface area contributed by atoms with Gasteiger partial charge in [-0.2, -0.15) is 10.2 Å². The molecule has 196 valence electrons. The number of rotatable bonds is 8. The third-order valence-corrected chi connectivity index (χ3v) is 7.20. The molecule has 4 heterocycles. The van der Waals surface area contributed by atoms with Crippen molar-refractivity contribution in [3.8, 4) is 5.75 Å². The maximum absolute atomic E-state index is 13.4. The third-order valence-electron chi connectivity index (χ3n) is 6.93. The number of piperazine rings is 1. The molecule has 37 heavy (non-hydrogen) atoms. The Morgan fingerprint density at radius 1 is 1.32 bits per heavy atom. The number of hydrogen-bond acceptors (Lipinski definition) is 9. The van der Waals surface area contributed by atoms with E-state index in [1.807, 2.05) is 6.92 Å². The number of halogens is 2. The Hall–Kier alpha value is -3.12. The number of aliphatic hydroxyl groups excluding tert-OH is 1. The molecule has 0 bridgehead atoms. The molecule has 1 aliphatic heterocycles. The van der Waals surface area contributed by atoms with Crippen LogP contribution in [0, 0.1) is 5.82 Å². The number of nitrogens with zero attached hydrogens (tertiary/aromatic N) is 6. The zero-order valence-corrected chi connectivity index (χ0v) is 21.3. The highest BCUT2D eigenvalue weighted by molar-refractivity contribution is 6.47. The number of pyridine rings is 2. The average Bonchev–Trinajstić information content (AvgIpc) is 3.26. The monoisotopic (exact) mass is 528 g/mol. The van der Waals surface area contributed by atoms with Crippen LogP contribution in [0.25, 0.3) is 5.52 Å². The van der Waals surface area contributed by atoms with Gasteiger partial charge in [0.25, 0.3) is 0 Å². The quantitative estimate of drug-likeness (QED) is 0.232. The van der Waals surface area contributed by atoms with E-state index in [4.69, 9.17) is 27.2 Å². The lowest BCUT2D eigenvalue weighted by molar-refractivity contribution is 0.0981. The molecule has 1 unspecified atom stereocenters. The maximum atomic E-state index is 13.4. The summed E-state index contributed by atoms with van der Waals surface area (Å²) < 4.78 is 21.1. The van der Waals surface area contributed by atoms with Gasteiger partial charge >= 0.3 is 0 Å². The van der Waals surface area contributed by atoms with Gasteiger partial charge in [0.1, 0.15) is 22.8 Å². The fourth-order valence-corrected chi connectivity index (χ4v) is 5.13. The minimum absolute atomic E-state index is 0.221. The van der Waals surface area contributed by atoms with Gasteiger partial charge in [-0.15, -0.1) is 0 Å². The molecule has 2 fully saturated rings. The number of nitrogens with two attached hydrogens (primary N) is 1. The van der Waals surface area contributed by atoms with E-state index in [9.17, 15) is 9.50 Å². The zero-order valence-electron chi connectivity index (χ0n) is 20.5. The van der Waals surface area contributed by atoms with Crippen molar-refractivity contribution >= 4 is 28.5 Å². The zero-order chi connectivity index (χ0) is 25.9. The molecule has 4 N–H and O–H groups in total. The number of hydrogen-bond donors (Lipinski definition) is 3. The summed E-state index contributed by atoms with van der Waals surface area (Å²) in [6.45, 7) is 5.73. The van der Waals surface area contributed by atoms with Crippen LogP contribution >= 0.6 is 11.6 Å². The van der Waals surface area contributed by atoms with E-state index in [0.29, 0.717) is 45.0 Å². The summed E-state index contributed by atoms with van der Waals surface area (Å²) in [5, 5.41) is 22.1. The van der Waals surface area contributed by atoms with E-state index in [-0.39, 0.29) is 12.6 Å². The summed E-state index contributed by atoms with van der Waals surface area (Å²) in [5.41, 5.74) is 2.73. The van der Waals surface area contributed by atoms with E-state index in [1.54, 1.807) is 16.8 Å². The highest BCUT2D eigenvalue weighted by Gasteiger charge is 2.34. The number of ether oxygens (including phenoxy) is 1. The summed E-state index contributed by atoms with van der Waals surface area (Å²) in [7, 11) is 0. The van der Waals surface area contributed by atoms with Gasteiger partial charge in [-0.1, -0.05) is 11.6 Å². The molecule has 0 radical (unpaired) electrons. The summed E-state index contributed by atoms with van der Waals surface area (Å²) in [5.74, 6) is 5.70. The number of nitrogens with one attached hydrogen (secondary N) is 1. The Labute approximate surface area is 219 Å². The number of aromatic nitrogens is 3. The Balaban J connectivity index is 1.39. The Morgan fingerprint density at radius 2 is 2.11 bits per heavy atom. The normalized spacial score (nSPS) is 22.2. The SMILES string of the molecule is CC(=NC1CC(N2CCNCC2)C1)/C(=N\N)c1cc(OC(CO)c2ccc(F)cn2)c2c(Cl)cnn2c1. The Kier molecular flexibility index (Phi) is 7.65. The van der Waals surface area contributed by atoms with E-state index < -0.39 is 11.9 Å². The fraction of sp³-hybridized carbons (Fsp3) is 0.440. The molecule has 3 aromatic heterocycles. The predicted octanol–water partition coefficient (Wildman–Crippen LogP) is 2.19. The van der Waals surface area contributed by atoms with Crippen molar-refractivity contribution in [2.45, 2.75) is 38.0 Å². The van der Waals surface area contributed by atoms with Crippen LogP contribution in [0.2, 0.25) is 5.02 Å². The van der Waals surface area contributed by atoms with Crippen LogP contribution in [-0.2, 0) is 0 Å². The van der Waals surface area contributed by atoms with Crippen molar-refractivity contribution in [2.75, 3.05) is 32.8 Å². The smallest absolute Gasteiger partial charge is 0.163 e. The predicted molar refractivity (Wildman–Crippen MR) is 140 cm³/mol. The highest BCUT2D eigenvalue weighted by Crippen LogP contribution is 2.33. The van der Waals surface area contributed by atoms with Crippen LogP contribution < -0.4 is 15.9 Å². The van der Waals surface area contributed by atoms with Crippen molar-refractivity contribution in [2.24, 2.45) is 15.9 Å². The van der Waals surface area contributed by atoms with Crippen LogP contribution in [0.4, 0.5) is 4.39 Å². The molecule has 1 atom stereocenters. The second-order valence-electron chi connectivity index (χ2n) is 9.33. The molecular weight excluding hydrogens is 499 g/mol. The number of aliphatic imine (C=N–C) groups is 1. The first-order chi connectivity index (χ1) is 18.0. The van der Waals surface area contributed by atoms with Gasteiger partial charge in [-0.05, 0) is 38.0 Å². The highest BCUT2D eigenvalue weighted by atomic mass is 35.5. The molecule has 5 rings (SSSR count).